The van der Waals surface area contributed by atoms with Crippen molar-refractivity contribution in [3.05, 3.63) is 94.6 Å². The Hall–Kier alpha value is -2.46. The molecule has 3 rings (SSSR count). The zero-order valence-corrected chi connectivity index (χ0v) is 12.7. The van der Waals surface area contributed by atoms with Crippen LogP contribution in [0.15, 0.2) is 73.3 Å². The van der Waals surface area contributed by atoms with E-state index in [9.17, 15) is 10.1 Å². The minimum Gasteiger partial charge on any atom is -0.358 e. The molecule has 0 aromatic heterocycles. The molecule has 4 heteroatoms. The SMILES string of the molecule is C=C[C@@H]1C[C@@H](c2ccccc2)O[C@@H](c2ccccc2)[C@@H]1[N+](=O)[O-]. The molecule has 2 aromatic rings. The molecule has 1 aliphatic heterocycles. The minimum atomic E-state index is -0.810. The molecule has 23 heavy (non-hydrogen) atoms. The predicted molar refractivity (Wildman–Crippen MR) is 88.5 cm³/mol. The lowest BCUT2D eigenvalue weighted by Crippen LogP contribution is -2.41. The summed E-state index contributed by atoms with van der Waals surface area (Å²) in [5.74, 6) is -0.228. The van der Waals surface area contributed by atoms with Gasteiger partial charge < -0.3 is 4.74 Å². The lowest BCUT2D eigenvalue weighted by Gasteiger charge is -2.36. The van der Waals surface area contributed by atoms with Crippen molar-refractivity contribution in [1.82, 2.24) is 0 Å². The van der Waals surface area contributed by atoms with Gasteiger partial charge in [-0.3, -0.25) is 10.1 Å². The Labute approximate surface area is 135 Å². The summed E-state index contributed by atoms with van der Waals surface area (Å²) in [6, 6.07) is 18.5. The van der Waals surface area contributed by atoms with Crippen LogP contribution in [0.3, 0.4) is 0 Å². The van der Waals surface area contributed by atoms with E-state index in [1.165, 1.54) is 0 Å². The van der Waals surface area contributed by atoms with Crippen LogP contribution in [0, 0.1) is 16.0 Å². The molecule has 0 N–H and O–H groups in total. The van der Waals surface area contributed by atoms with E-state index in [0.29, 0.717) is 6.42 Å². The van der Waals surface area contributed by atoms with Gasteiger partial charge in [-0.1, -0.05) is 66.7 Å². The van der Waals surface area contributed by atoms with Crippen molar-refractivity contribution in [2.45, 2.75) is 24.7 Å². The van der Waals surface area contributed by atoms with Crippen LogP contribution in [-0.2, 0) is 4.74 Å². The molecule has 0 radical (unpaired) electrons. The van der Waals surface area contributed by atoms with E-state index in [4.69, 9.17) is 4.74 Å². The van der Waals surface area contributed by atoms with Crippen LogP contribution in [0.25, 0.3) is 0 Å². The zero-order valence-electron chi connectivity index (χ0n) is 12.7. The van der Waals surface area contributed by atoms with Crippen LogP contribution < -0.4 is 0 Å². The Balaban J connectivity index is 1.98. The molecule has 0 aliphatic carbocycles. The topological polar surface area (TPSA) is 52.4 Å². The van der Waals surface area contributed by atoms with Gasteiger partial charge in [0.25, 0.3) is 0 Å². The lowest BCUT2D eigenvalue weighted by atomic mass is 9.82. The van der Waals surface area contributed by atoms with Crippen LogP contribution in [0.5, 0.6) is 0 Å². The monoisotopic (exact) mass is 309 g/mol. The molecule has 0 bridgehead atoms. The summed E-state index contributed by atoms with van der Waals surface area (Å²) < 4.78 is 6.18. The maximum atomic E-state index is 11.6. The number of hydrogen-bond acceptors (Lipinski definition) is 3. The molecule has 0 saturated carbocycles. The molecule has 0 spiro atoms. The average molecular weight is 309 g/mol. The molecule has 1 aliphatic rings. The molecule has 1 saturated heterocycles. The van der Waals surface area contributed by atoms with Gasteiger partial charge in [0.05, 0.1) is 12.0 Å². The number of benzene rings is 2. The summed E-state index contributed by atoms with van der Waals surface area (Å²) in [6.07, 6.45) is 1.53. The molecule has 118 valence electrons. The second kappa shape index (κ2) is 6.75. The first-order valence-corrected chi connectivity index (χ1v) is 7.72. The molecular formula is C19H19NO3. The van der Waals surface area contributed by atoms with Gasteiger partial charge in [-0.05, 0) is 17.5 Å². The summed E-state index contributed by atoms with van der Waals surface area (Å²) in [5.41, 5.74) is 1.88. The second-order valence-corrected chi connectivity index (χ2v) is 5.78. The van der Waals surface area contributed by atoms with Gasteiger partial charge >= 0.3 is 0 Å². The van der Waals surface area contributed by atoms with E-state index in [2.05, 4.69) is 6.58 Å². The van der Waals surface area contributed by atoms with Gasteiger partial charge in [0.2, 0.25) is 6.04 Å². The van der Waals surface area contributed by atoms with Crippen molar-refractivity contribution in [2.24, 2.45) is 5.92 Å². The molecular weight excluding hydrogens is 290 g/mol. The van der Waals surface area contributed by atoms with Crippen LogP contribution in [-0.4, -0.2) is 11.0 Å². The van der Waals surface area contributed by atoms with Crippen LogP contribution in [0.2, 0.25) is 0 Å². The summed E-state index contributed by atoms with van der Waals surface area (Å²) in [6.45, 7) is 3.81. The second-order valence-electron chi connectivity index (χ2n) is 5.78. The third kappa shape index (κ3) is 3.17. The Morgan fingerprint density at radius 1 is 1.04 bits per heavy atom. The average Bonchev–Trinajstić information content (AvgIpc) is 2.62. The van der Waals surface area contributed by atoms with E-state index in [1.54, 1.807) is 6.08 Å². The van der Waals surface area contributed by atoms with Crippen molar-refractivity contribution in [1.29, 1.82) is 0 Å². The number of ether oxygens (including phenoxy) is 1. The van der Waals surface area contributed by atoms with E-state index >= 15 is 0 Å². The van der Waals surface area contributed by atoms with E-state index < -0.39 is 12.1 Å². The lowest BCUT2D eigenvalue weighted by molar-refractivity contribution is -0.551. The highest BCUT2D eigenvalue weighted by molar-refractivity contribution is 5.23. The fourth-order valence-electron chi connectivity index (χ4n) is 3.23. The zero-order chi connectivity index (χ0) is 16.2. The molecule has 0 unspecified atom stereocenters. The molecule has 4 nitrogen and oxygen atoms in total. The van der Waals surface area contributed by atoms with Gasteiger partial charge in [-0.15, -0.1) is 6.58 Å². The third-order valence-corrected chi connectivity index (χ3v) is 4.39. The van der Waals surface area contributed by atoms with Gasteiger partial charge in [-0.2, -0.15) is 0 Å². The van der Waals surface area contributed by atoms with E-state index in [-0.39, 0.29) is 16.9 Å². The van der Waals surface area contributed by atoms with Gasteiger partial charge in [-0.25, -0.2) is 0 Å². The first-order valence-electron chi connectivity index (χ1n) is 7.72. The van der Waals surface area contributed by atoms with Gasteiger partial charge in [0.15, 0.2) is 6.10 Å². The molecule has 4 atom stereocenters. The molecule has 0 amide bonds. The highest BCUT2D eigenvalue weighted by Gasteiger charge is 2.46. The third-order valence-electron chi connectivity index (χ3n) is 4.39. The first kappa shape index (κ1) is 15.4. The van der Waals surface area contributed by atoms with Crippen molar-refractivity contribution >= 4 is 0 Å². The van der Waals surface area contributed by atoms with Crippen molar-refractivity contribution < 1.29 is 9.66 Å². The highest BCUT2D eigenvalue weighted by atomic mass is 16.6. The summed E-state index contributed by atoms with van der Waals surface area (Å²) in [5, 5.41) is 11.6. The van der Waals surface area contributed by atoms with E-state index in [1.807, 2.05) is 60.7 Å². The van der Waals surface area contributed by atoms with Gasteiger partial charge in [0, 0.05) is 4.92 Å². The summed E-state index contributed by atoms with van der Waals surface area (Å²) in [4.78, 5) is 11.4. The molecule has 1 heterocycles. The Morgan fingerprint density at radius 2 is 1.61 bits per heavy atom. The van der Waals surface area contributed by atoms with Crippen molar-refractivity contribution in [2.75, 3.05) is 0 Å². The standard InChI is InChI=1S/C19H19NO3/c1-2-14-13-17(15-9-5-3-6-10-15)23-19(18(14)20(21)22)16-11-7-4-8-12-16/h2-12,14,17-19H,1,13H2/t14-,17+,18-,19+/m1/s1. The highest BCUT2D eigenvalue weighted by Crippen LogP contribution is 2.43. The maximum Gasteiger partial charge on any atom is 0.249 e. The summed E-state index contributed by atoms with van der Waals surface area (Å²) in [7, 11) is 0. The number of nitrogens with zero attached hydrogens (tertiary/aromatic N) is 1. The minimum absolute atomic E-state index is 0.166. The van der Waals surface area contributed by atoms with Crippen molar-refractivity contribution in [3.63, 3.8) is 0 Å². The van der Waals surface area contributed by atoms with Crippen LogP contribution in [0.1, 0.15) is 29.8 Å². The quantitative estimate of drug-likeness (QED) is 0.479. The maximum absolute atomic E-state index is 11.6. The number of hydrogen-bond donors (Lipinski definition) is 0. The predicted octanol–water partition coefficient (Wildman–Crippen LogP) is 4.34. The normalized spacial score (nSPS) is 27.3. The Kier molecular flexibility index (Phi) is 4.53. The fraction of sp³-hybridized carbons (Fsp3) is 0.263. The van der Waals surface area contributed by atoms with Crippen molar-refractivity contribution in [3.8, 4) is 0 Å². The molecule has 2 aromatic carbocycles. The largest absolute Gasteiger partial charge is 0.358 e. The van der Waals surface area contributed by atoms with Crippen LogP contribution in [0.4, 0.5) is 0 Å². The van der Waals surface area contributed by atoms with Crippen LogP contribution >= 0.6 is 0 Å². The molecule has 1 fully saturated rings. The number of nitro groups is 1. The first-order chi connectivity index (χ1) is 11.2. The summed E-state index contributed by atoms with van der Waals surface area (Å²) >= 11 is 0. The van der Waals surface area contributed by atoms with Gasteiger partial charge in [0.1, 0.15) is 0 Å². The Bertz CT molecular complexity index is 672. The fourth-order valence-corrected chi connectivity index (χ4v) is 3.23. The van der Waals surface area contributed by atoms with E-state index in [0.717, 1.165) is 11.1 Å². The Morgan fingerprint density at radius 3 is 2.13 bits per heavy atom. The smallest absolute Gasteiger partial charge is 0.249 e. The number of rotatable bonds is 4.